The summed E-state index contributed by atoms with van der Waals surface area (Å²) < 4.78 is 0. The molecule has 3 atom stereocenters. The summed E-state index contributed by atoms with van der Waals surface area (Å²) in [6.45, 7) is 0.922. The number of hydrogen-bond acceptors (Lipinski definition) is 5. The van der Waals surface area contributed by atoms with Crippen LogP contribution in [0.2, 0.25) is 0 Å². The molecular weight excluding hydrogens is 372 g/mol. The van der Waals surface area contributed by atoms with Gasteiger partial charge >= 0.3 is 0 Å². The number of amides is 2. The lowest BCUT2D eigenvalue weighted by molar-refractivity contribution is -0.139. The van der Waals surface area contributed by atoms with Gasteiger partial charge in [-0.1, -0.05) is 30.3 Å². The summed E-state index contributed by atoms with van der Waals surface area (Å²) in [5, 5.41) is 12.5. The average molecular weight is 402 g/mol. The zero-order chi connectivity index (χ0) is 21.2. The summed E-state index contributed by atoms with van der Waals surface area (Å²) in [5.74, 6) is -0.720. The molecule has 1 saturated heterocycles. The number of nitrogens with zero attached hydrogens (tertiary/aromatic N) is 1. The highest BCUT2D eigenvalue weighted by Crippen LogP contribution is 2.19. The fraction of sp³-hybridized carbons (Fsp3) is 0.500. The van der Waals surface area contributed by atoms with Crippen molar-refractivity contribution in [3.8, 4) is 0 Å². The predicted molar refractivity (Wildman–Crippen MR) is 110 cm³/mol. The van der Waals surface area contributed by atoms with E-state index >= 15 is 0 Å². The smallest absolute Gasteiger partial charge is 0.243 e. The van der Waals surface area contributed by atoms with Crippen molar-refractivity contribution in [3.05, 3.63) is 35.9 Å². The Morgan fingerprint density at radius 3 is 2.69 bits per heavy atom. The van der Waals surface area contributed by atoms with Crippen molar-refractivity contribution in [2.75, 3.05) is 13.1 Å². The highest BCUT2D eigenvalue weighted by atomic mass is 16.2. The van der Waals surface area contributed by atoms with Gasteiger partial charge in [-0.05, 0) is 37.7 Å². The third-order valence-corrected chi connectivity index (χ3v) is 4.95. The van der Waals surface area contributed by atoms with Gasteiger partial charge < -0.3 is 31.8 Å². The molecule has 2 rings (SSSR count). The Labute approximate surface area is 170 Å². The van der Waals surface area contributed by atoms with Gasteiger partial charge in [-0.25, -0.2) is 0 Å². The highest BCUT2D eigenvalue weighted by Gasteiger charge is 2.36. The van der Waals surface area contributed by atoms with Gasteiger partial charge in [0.25, 0.3) is 0 Å². The third-order valence-electron chi connectivity index (χ3n) is 4.95. The molecule has 0 aromatic heterocycles. The van der Waals surface area contributed by atoms with E-state index in [0.717, 1.165) is 12.0 Å². The normalized spacial score (nSPS) is 18.0. The van der Waals surface area contributed by atoms with Gasteiger partial charge in [-0.3, -0.25) is 15.0 Å². The molecule has 2 amide bonds. The van der Waals surface area contributed by atoms with Crippen molar-refractivity contribution in [3.63, 3.8) is 0 Å². The first kappa shape index (κ1) is 22.4. The molecule has 1 aliphatic heterocycles. The summed E-state index contributed by atoms with van der Waals surface area (Å²) in [6, 6.07) is 7.54. The number of nitrogens with one attached hydrogen (secondary N) is 3. The van der Waals surface area contributed by atoms with Crippen molar-refractivity contribution in [2.45, 2.75) is 50.2 Å². The van der Waals surface area contributed by atoms with E-state index in [2.05, 4.69) is 10.6 Å². The van der Waals surface area contributed by atoms with Crippen LogP contribution in [0.15, 0.2) is 30.3 Å². The summed E-state index contributed by atoms with van der Waals surface area (Å²) >= 11 is 0. The fourth-order valence-electron chi connectivity index (χ4n) is 3.47. The molecule has 1 fully saturated rings. The number of nitrogens with two attached hydrogens (primary N) is 2. The van der Waals surface area contributed by atoms with Crippen LogP contribution in [0.1, 0.15) is 31.2 Å². The Balaban J connectivity index is 1.89. The molecule has 9 nitrogen and oxygen atoms in total. The van der Waals surface area contributed by atoms with E-state index in [1.54, 1.807) is 0 Å². The maximum atomic E-state index is 12.8. The molecule has 1 aromatic rings. The van der Waals surface area contributed by atoms with Crippen LogP contribution in [-0.4, -0.2) is 60.2 Å². The molecular formula is C20H30N6O3. The average Bonchev–Trinajstić information content (AvgIpc) is 3.20. The maximum absolute atomic E-state index is 12.8. The van der Waals surface area contributed by atoms with E-state index in [9.17, 15) is 14.4 Å². The van der Waals surface area contributed by atoms with Gasteiger partial charge in [-0.2, -0.15) is 0 Å². The van der Waals surface area contributed by atoms with Crippen molar-refractivity contribution in [1.82, 2.24) is 15.5 Å². The van der Waals surface area contributed by atoms with Gasteiger partial charge in [0.05, 0.1) is 12.1 Å². The maximum Gasteiger partial charge on any atom is 0.243 e. The van der Waals surface area contributed by atoms with E-state index in [1.165, 1.54) is 4.90 Å². The van der Waals surface area contributed by atoms with Crippen molar-refractivity contribution in [1.29, 1.82) is 5.41 Å². The first-order valence-electron chi connectivity index (χ1n) is 9.86. The van der Waals surface area contributed by atoms with Gasteiger partial charge in [0.2, 0.25) is 11.8 Å². The first-order valence-corrected chi connectivity index (χ1v) is 9.86. The largest absolute Gasteiger partial charge is 0.370 e. The molecule has 1 aliphatic rings. The van der Waals surface area contributed by atoms with Gasteiger partial charge in [0.15, 0.2) is 5.96 Å². The van der Waals surface area contributed by atoms with Gasteiger partial charge in [0.1, 0.15) is 12.3 Å². The standard InChI is InChI=1S/C20H30N6O3/c21-16(12-14-6-2-1-3-7-14)19(29)26-11-5-9-17(26)18(28)25-15(13-27)8-4-10-24-20(22)23/h1-3,6-7,13,15-17H,4-5,8-12,21H2,(H,25,28)(H4,22,23,24)/t15-,16?,17?/m1/s1. The number of hydrogen-bond donors (Lipinski definition) is 5. The second-order valence-corrected chi connectivity index (χ2v) is 7.22. The van der Waals surface area contributed by atoms with E-state index in [0.29, 0.717) is 45.1 Å². The Morgan fingerprint density at radius 1 is 1.31 bits per heavy atom. The van der Waals surface area contributed by atoms with Crippen LogP contribution in [0.4, 0.5) is 0 Å². The molecule has 1 heterocycles. The van der Waals surface area contributed by atoms with Gasteiger partial charge in [-0.15, -0.1) is 0 Å². The van der Waals surface area contributed by atoms with E-state index in [-0.39, 0.29) is 17.8 Å². The number of benzene rings is 1. The van der Waals surface area contributed by atoms with Crippen molar-refractivity contribution in [2.24, 2.45) is 11.5 Å². The number of rotatable bonds is 10. The third kappa shape index (κ3) is 6.86. The molecule has 9 heteroatoms. The number of guanidine groups is 1. The van der Waals surface area contributed by atoms with Crippen molar-refractivity contribution < 1.29 is 14.4 Å². The zero-order valence-corrected chi connectivity index (χ0v) is 16.5. The Hall–Kier alpha value is -2.94. The van der Waals surface area contributed by atoms with Crippen LogP contribution in [0.25, 0.3) is 0 Å². The lowest BCUT2D eigenvalue weighted by atomic mass is 10.0. The minimum Gasteiger partial charge on any atom is -0.370 e. The Morgan fingerprint density at radius 2 is 2.03 bits per heavy atom. The lowest BCUT2D eigenvalue weighted by Crippen LogP contribution is -2.53. The minimum atomic E-state index is -0.717. The molecule has 29 heavy (non-hydrogen) atoms. The quantitative estimate of drug-likeness (QED) is 0.154. The van der Waals surface area contributed by atoms with Crippen LogP contribution in [0, 0.1) is 5.41 Å². The molecule has 2 unspecified atom stereocenters. The molecule has 0 radical (unpaired) electrons. The van der Waals surface area contributed by atoms with E-state index in [1.807, 2.05) is 30.3 Å². The van der Waals surface area contributed by atoms with Crippen molar-refractivity contribution >= 4 is 24.1 Å². The molecule has 7 N–H and O–H groups in total. The molecule has 0 bridgehead atoms. The molecule has 0 saturated carbocycles. The molecule has 158 valence electrons. The Kier molecular flexibility index (Phi) is 8.60. The van der Waals surface area contributed by atoms with Gasteiger partial charge in [0, 0.05) is 13.1 Å². The molecule has 0 aliphatic carbocycles. The second-order valence-electron chi connectivity index (χ2n) is 7.22. The van der Waals surface area contributed by atoms with Crippen LogP contribution in [0.5, 0.6) is 0 Å². The monoisotopic (exact) mass is 402 g/mol. The first-order chi connectivity index (χ1) is 13.9. The molecule has 1 aromatic carbocycles. The summed E-state index contributed by atoms with van der Waals surface area (Å²) in [4.78, 5) is 38.3. The number of aldehydes is 1. The molecule has 0 spiro atoms. The topological polar surface area (TPSA) is 154 Å². The van der Waals surface area contributed by atoms with E-state index in [4.69, 9.17) is 16.9 Å². The van der Waals surface area contributed by atoms with Crippen LogP contribution in [-0.2, 0) is 20.8 Å². The summed E-state index contributed by atoms with van der Waals surface area (Å²) in [6.07, 6.45) is 3.35. The minimum absolute atomic E-state index is 0.136. The number of carbonyl (C=O) groups excluding carboxylic acids is 3. The lowest BCUT2D eigenvalue weighted by Gasteiger charge is -2.27. The highest BCUT2D eigenvalue weighted by molar-refractivity contribution is 5.91. The SMILES string of the molecule is N=C(N)NCCC[C@H](C=O)NC(=O)C1CCCN1C(=O)C(N)Cc1ccccc1. The van der Waals surface area contributed by atoms with Crippen LogP contribution in [0.3, 0.4) is 0 Å². The second kappa shape index (κ2) is 11.2. The number of carbonyl (C=O) groups is 3. The summed E-state index contributed by atoms with van der Waals surface area (Å²) in [5.41, 5.74) is 12.3. The fourth-order valence-corrected chi connectivity index (χ4v) is 3.47. The summed E-state index contributed by atoms with van der Waals surface area (Å²) in [7, 11) is 0. The zero-order valence-electron chi connectivity index (χ0n) is 16.5. The predicted octanol–water partition coefficient (Wildman–Crippen LogP) is -0.506. The van der Waals surface area contributed by atoms with Crippen LogP contribution >= 0.6 is 0 Å². The number of likely N-dealkylation sites (tertiary alicyclic amines) is 1. The van der Waals surface area contributed by atoms with E-state index < -0.39 is 18.1 Å². The van der Waals surface area contributed by atoms with Crippen LogP contribution < -0.4 is 22.1 Å². The Bertz CT molecular complexity index is 711.